The Kier molecular flexibility index (Phi) is 15.6. The molecule has 0 saturated heterocycles. The van der Waals surface area contributed by atoms with Gasteiger partial charge in [-0.25, -0.2) is 0 Å². The first-order valence-corrected chi connectivity index (χ1v) is 11.3. The van der Waals surface area contributed by atoms with Crippen LogP contribution in [0.5, 0.6) is 0 Å². The molecule has 0 aromatic heterocycles. The van der Waals surface area contributed by atoms with Crippen molar-refractivity contribution in [1.82, 2.24) is 0 Å². The average molecular weight is 317 g/mol. The van der Waals surface area contributed by atoms with Crippen molar-refractivity contribution < 1.29 is 9.47 Å². The molecule has 3 atom stereocenters. The monoisotopic (exact) mass is 316 g/mol. The summed E-state index contributed by atoms with van der Waals surface area (Å²) in [5.74, 6) is 1.60. The standard InChI is InChI=1S/C16H33O2.ClH.Mg/c1-5-7-11-17-14-18-12-8-10-16(4)13-15(3)9-6-2;;/h6,15-16H,5,7-14H2,1-4H3;1H;/q;;+1/p-1. The fourth-order valence-electron chi connectivity index (χ4n) is 2.61. The van der Waals surface area contributed by atoms with Gasteiger partial charge in [-0.2, -0.15) is 0 Å². The summed E-state index contributed by atoms with van der Waals surface area (Å²) in [6.07, 6.45) is 7.34. The normalized spacial score (nSPS) is 15.7. The molecule has 0 aliphatic heterocycles. The Bertz CT molecular complexity index is 205. The smallest absolute Gasteiger partial charge is 0.355 e. The van der Waals surface area contributed by atoms with E-state index in [1.807, 2.05) is 0 Å². The van der Waals surface area contributed by atoms with E-state index < -0.39 is 0 Å². The zero-order valence-corrected chi connectivity index (χ0v) is 16.2. The maximum absolute atomic E-state index is 6.01. The molecule has 20 heavy (non-hydrogen) atoms. The minimum Gasteiger partial charge on any atom is -0.355 e. The second kappa shape index (κ2) is 14.9. The van der Waals surface area contributed by atoms with Crippen molar-refractivity contribution in [3.05, 3.63) is 0 Å². The SMILES string of the molecule is CCCCOCOCCCC(C)CC(C)C[CH](C)[Mg][Cl]. The lowest BCUT2D eigenvalue weighted by atomic mass is 9.91. The zero-order valence-electron chi connectivity index (χ0n) is 14.0. The van der Waals surface area contributed by atoms with Crippen molar-refractivity contribution in [3.63, 3.8) is 0 Å². The number of rotatable bonds is 14. The first-order valence-electron chi connectivity index (χ1n) is 8.31. The lowest BCUT2D eigenvalue weighted by molar-refractivity contribution is -0.0558. The fourth-order valence-corrected chi connectivity index (χ4v) is 3.68. The number of hydrogen-bond donors (Lipinski definition) is 0. The summed E-state index contributed by atoms with van der Waals surface area (Å²) in [6.45, 7) is 11.3. The minimum absolute atomic E-state index is 0.332. The van der Waals surface area contributed by atoms with E-state index in [-0.39, 0.29) is 19.3 Å². The Hall–Kier alpha value is 0.976. The number of unbranched alkanes of at least 4 members (excludes halogenated alkanes) is 1. The molecule has 0 heterocycles. The largest absolute Gasteiger partial charge is 0.504 e. The molecule has 0 spiro atoms. The maximum Gasteiger partial charge on any atom is 0.504 e. The molecule has 0 radical (unpaired) electrons. The molecular formula is C16H33ClMgO2. The van der Waals surface area contributed by atoms with E-state index in [0.29, 0.717) is 6.79 Å². The third-order valence-electron chi connectivity index (χ3n) is 3.67. The predicted molar refractivity (Wildman–Crippen MR) is 89.5 cm³/mol. The summed E-state index contributed by atoms with van der Waals surface area (Å²) in [7, 11) is 6.01. The molecule has 0 aliphatic carbocycles. The van der Waals surface area contributed by atoms with Gasteiger partial charge in [0, 0.05) is 13.2 Å². The molecule has 0 bridgehead atoms. The Morgan fingerprint density at radius 1 is 0.950 bits per heavy atom. The highest BCUT2D eigenvalue weighted by molar-refractivity contribution is 6.94. The van der Waals surface area contributed by atoms with Gasteiger partial charge >= 0.3 is 19.3 Å². The summed E-state index contributed by atoms with van der Waals surface area (Å²) in [5, 5.41) is 0. The van der Waals surface area contributed by atoms with Crippen LogP contribution >= 0.6 is 9.07 Å². The summed E-state index contributed by atoms with van der Waals surface area (Å²) >= 11 is -0.332. The fraction of sp³-hybridized carbons (Fsp3) is 1.00. The first-order chi connectivity index (χ1) is 9.60. The molecule has 0 aromatic carbocycles. The average Bonchev–Trinajstić information content (AvgIpc) is 2.41. The van der Waals surface area contributed by atoms with Crippen LogP contribution in [0.4, 0.5) is 0 Å². The van der Waals surface area contributed by atoms with Crippen molar-refractivity contribution in [2.24, 2.45) is 11.8 Å². The highest BCUT2D eigenvalue weighted by Gasteiger charge is 2.13. The summed E-state index contributed by atoms with van der Waals surface area (Å²) in [5.41, 5.74) is 0. The van der Waals surface area contributed by atoms with Crippen LogP contribution in [-0.2, 0) is 9.47 Å². The third-order valence-corrected chi connectivity index (χ3v) is 6.11. The van der Waals surface area contributed by atoms with E-state index in [4.69, 9.17) is 18.5 Å². The number of ether oxygens (including phenoxy) is 2. The molecule has 0 saturated carbocycles. The highest BCUT2D eigenvalue weighted by Crippen LogP contribution is 2.24. The van der Waals surface area contributed by atoms with E-state index in [9.17, 15) is 0 Å². The van der Waals surface area contributed by atoms with Gasteiger partial charge in [0.1, 0.15) is 6.79 Å². The summed E-state index contributed by atoms with van der Waals surface area (Å²) < 4.78 is 11.6. The van der Waals surface area contributed by atoms with Gasteiger partial charge in [0.2, 0.25) is 0 Å². The first kappa shape index (κ1) is 21.0. The molecule has 0 fully saturated rings. The molecule has 0 aromatic rings. The molecule has 3 unspecified atom stereocenters. The molecule has 0 aliphatic rings. The highest BCUT2D eigenvalue weighted by atomic mass is 35.5. The number of hydrogen-bond acceptors (Lipinski definition) is 2. The van der Waals surface area contributed by atoms with Crippen molar-refractivity contribution in [2.75, 3.05) is 20.0 Å². The van der Waals surface area contributed by atoms with Crippen LogP contribution in [0, 0.1) is 11.8 Å². The van der Waals surface area contributed by atoms with E-state index in [2.05, 4.69) is 27.7 Å². The Balaban J connectivity index is 3.37. The van der Waals surface area contributed by atoms with Gasteiger partial charge in [0.05, 0.1) is 0 Å². The molecule has 2 nitrogen and oxygen atoms in total. The second-order valence-electron chi connectivity index (χ2n) is 6.37. The maximum atomic E-state index is 6.01. The van der Waals surface area contributed by atoms with E-state index in [1.54, 1.807) is 0 Å². The molecule has 4 heteroatoms. The second-order valence-corrected chi connectivity index (χ2v) is 9.00. The van der Waals surface area contributed by atoms with Gasteiger partial charge in [-0.15, -0.1) is 4.05 Å². The van der Waals surface area contributed by atoms with Crippen LogP contribution in [-0.4, -0.2) is 39.3 Å². The topological polar surface area (TPSA) is 18.5 Å². The van der Waals surface area contributed by atoms with Gasteiger partial charge in [0.15, 0.2) is 0 Å². The minimum atomic E-state index is -0.332. The van der Waals surface area contributed by atoms with E-state index in [0.717, 1.165) is 41.9 Å². The van der Waals surface area contributed by atoms with Crippen molar-refractivity contribution >= 4 is 28.3 Å². The van der Waals surface area contributed by atoms with Crippen LogP contribution in [0.3, 0.4) is 0 Å². The Labute approximate surface area is 139 Å². The molecular weight excluding hydrogens is 284 g/mol. The van der Waals surface area contributed by atoms with Crippen LogP contribution < -0.4 is 0 Å². The van der Waals surface area contributed by atoms with Gasteiger partial charge in [-0.1, -0.05) is 40.5 Å². The van der Waals surface area contributed by atoms with Crippen LogP contribution in [0.2, 0.25) is 4.05 Å². The lowest BCUT2D eigenvalue weighted by Crippen LogP contribution is -2.08. The quantitative estimate of drug-likeness (QED) is 0.247. The van der Waals surface area contributed by atoms with E-state index >= 15 is 0 Å². The molecule has 0 N–H and O–H groups in total. The molecule has 0 amide bonds. The van der Waals surface area contributed by atoms with Gasteiger partial charge < -0.3 is 18.5 Å². The van der Waals surface area contributed by atoms with Crippen molar-refractivity contribution in [1.29, 1.82) is 0 Å². The van der Waals surface area contributed by atoms with Gasteiger partial charge in [-0.3, -0.25) is 0 Å². The zero-order chi connectivity index (χ0) is 15.2. The summed E-state index contributed by atoms with van der Waals surface area (Å²) in [4.78, 5) is 0. The van der Waals surface area contributed by atoms with Crippen LogP contribution in [0.25, 0.3) is 0 Å². The van der Waals surface area contributed by atoms with Crippen LogP contribution in [0.1, 0.15) is 66.2 Å². The van der Waals surface area contributed by atoms with Crippen molar-refractivity contribution in [3.8, 4) is 0 Å². The summed E-state index contributed by atoms with van der Waals surface area (Å²) in [6, 6.07) is 0. The molecule has 118 valence electrons. The lowest BCUT2D eigenvalue weighted by Gasteiger charge is -2.19. The number of halogens is 1. The Morgan fingerprint density at radius 2 is 1.60 bits per heavy atom. The van der Waals surface area contributed by atoms with Gasteiger partial charge in [-0.05, 0) is 37.5 Å². The third kappa shape index (κ3) is 13.9. The van der Waals surface area contributed by atoms with Crippen LogP contribution in [0.15, 0.2) is 0 Å². The van der Waals surface area contributed by atoms with Gasteiger partial charge in [0.25, 0.3) is 0 Å². The molecule has 0 rings (SSSR count). The van der Waals surface area contributed by atoms with Crippen molar-refractivity contribution in [2.45, 2.75) is 70.3 Å². The Morgan fingerprint density at radius 3 is 2.20 bits per heavy atom. The van der Waals surface area contributed by atoms with E-state index in [1.165, 1.54) is 25.7 Å². The predicted octanol–water partition coefficient (Wildman–Crippen LogP) is 5.28.